The Balaban J connectivity index is 1.91. The molecule has 1 N–H and O–H groups in total. The van der Waals surface area contributed by atoms with Crippen LogP contribution in [0.25, 0.3) is 0 Å². The molecule has 1 unspecified atom stereocenters. The van der Waals surface area contributed by atoms with E-state index in [0.717, 1.165) is 7.53 Å². The normalized spacial score (nSPS) is 30.6. The minimum atomic E-state index is -1.32. The van der Waals surface area contributed by atoms with Gasteiger partial charge in [-0.05, 0) is 0 Å². The van der Waals surface area contributed by atoms with E-state index in [1.54, 1.807) is 4.18 Å². The van der Waals surface area contributed by atoms with Crippen LogP contribution in [0.4, 0.5) is 0 Å². The Labute approximate surface area is 95.3 Å². The van der Waals surface area contributed by atoms with Gasteiger partial charge in [-0.1, -0.05) is 0 Å². The molecule has 2 nitrogen and oxygen atoms in total. The number of nitrogens with one attached hydrogen (secondary N) is 1. The number of ether oxygens (including phenoxy) is 1. The molecule has 2 heterocycles. The zero-order chi connectivity index (χ0) is 9.80. The van der Waals surface area contributed by atoms with Gasteiger partial charge in [0, 0.05) is 0 Å². The Morgan fingerprint density at radius 2 is 1.93 bits per heavy atom. The van der Waals surface area contributed by atoms with Gasteiger partial charge in [-0.3, -0.25) is 0 Å². The van der Waals surface area contributed by atoms with Gasteiger partial charge >= 0.3 is 95.5 Å². The molecule has 2 fully saturated rings. The van der Waals surface area contributed by atoms with Crippen LogP contribution in [0, 0.1) is 0 Å². The van der Waals surface area contributed by atoms with Crippen LogP contribution in [0.5, 0.6) is 0 Å². The fraction of sp³-hybridized carbons (Fsp3) is 1.00. The second-order valence-electron chi connectivity index (χ2n) is 4.81. The average Bonchev–Trinajstić information content (AvgIpc) is 2.30. The predicted octanol–water partition coefficient (Wildman–Crippen LogP) is 1.97. The van der Waals surface area contributed by atoms with Crippen molar-refractivity contribution in [2.45, 2.75) is 43.8 Å². The molecule has 1 atom stereocenters. The third-order valence-electron chi connectivity index (χ3n) is 4.05. The topological polar surface area (TPSA) is 21.3 Å². The van der Waals surface area contributed by atoms with Gasteiger partial charge in [0.1, 0.15) is 0 Å². The van der Waals surface area contributed by atoms with Gasteiger partial charge in [-0.15, -0.1) is 0 Å². The van der Waals surface area contributed by atoms with Crippen molar-refractivity contribution in [3.8, 4) is 0 Å². The number of rotatable bonds is 2. The molecule has 0 aromatic carbocycles. The van der Waals surface area contributed by atoms with Crippen molar-refractivity contribution in [2.24, 2.45) is 0 Å². The monoisotopic (exact) mass is 299 g/mol. The van der Waals surface area contributed by atoms with E-state index in [1.165, 1.54) is 45.2 Å². The molecular formula is C11H22InNO. The van der Waals surface area contributed by atoms with E-state index in [4.69, 9.17) is 4.74 Å². The van der Waals surface area contributed by atoms with E-state index in [9.17, 15) is 0 Å². The summed E-state index contributed by atoms with van der Waals surface area (Å²) in [6, 6.07) is 0. The number of hydrogen-bond acceptors (Lipinski definition) is 2. The number of hydrogen-bond donors (Lipinski definition) is 1. The van der Waals surface area contributed by atoms with Gasteiger partial charge in [0.05, 0.1) is 0 Å². The maximum absolute atomic E-state index is 5.73. The van der Waals surface area contributed by atoms with E-state index in [0.29, 0.717) is 0 Å². The van der Waals surface area contributed by atoms with Crippen LogP contribution in [0.3, 0.4) is 0 Å². The molecule has 0 spiro atoms. The van der Waals surface area contributed by atoms with Crippen LogP contribution < -0.4 is 5.32 Å². The molecule has 14 heavy (non-hydrogen) atoms. The molecule has 2 aliphatic rings. The molecule has 2 rings (SSSR count). The summed E-state index contributed by atoms with van der Waals surface area (Å²) in [5.74, 6) is 0. The number of methoxy groups -OCH3 is 1. The van der Waals surface area contributed by atoms with Crippen molar-refractivity contribution in [3.05, 3.63) is 0 Å². The zero-order valence-electron chi connectivity index (χ0n) is 9.30. The molecule has 0 aliphatic carbocycles. The first-order valence-corrected chi connectivity index (χ1v) is 12.3. The molecular weight excluding hydrogens is 277 g/mol. The third-order valence-corrected chi connectivity index (χ3v) is 16.9. The fourth-order valence-electron chi connectivity index (χ4n) is 3.23. The first-order chi connectivity index (χ1) is 6.92. The van der Waals surface area contributed by atoms with Crippen LogP contribution in [0.15, 0.2) is 0 Å². The quantitative estimate of drug-likeness (QED) is 0.842. The Morgan fingerprint density at radius 3 is 2.64 bits per heavy atom. The minimum absolute atomic E-state index is 0.772. The van der Waals surface area contributed by atoms with E-state index >= 15 is 0 Å². The van der Waals surface area contributed by atoms with Gasteiger partial charge in [0.2, 0.25) is 0 Å². The molecule has 3 heteroatoms. The Hall–Kier alpha value is 0.790. The summed E-state index contributed by atoms with van der Waals surface area (Å²) >= 11 is -1.32. The Bertz CT molecular complexity index is 171. The second-order valence-corrected chi connectivity index (χ2v) is 15.1. The van der Waals surface area contributed by atoms with E-state index in [-0.39, 0.29) is 0 Å². The molecule has 2 aliphatic heterocycles. The molecule has 0 saturated carbocycles. The Morgan fingerprint density at radius 1 is 1.14 bits per heavy atom. The van der Waals surface area contributed by atoms with E-state index < -0.39 is 21.4 Å². The van der Waals surface area contributed by atoms with Gasteiger partial charge in [-0.2, -0.15) is 0 Å². The molecule has 0 aromatic heterocycles. The van der Waals surface area contributed by atoms with Crippen molar-refractivity contribution in [3.63, 3.8) is 0 Å². The van der Waals surface area contributed by atoms with Gasteiger partial charge in [0.25, 0.3) is 0 Å². The molecule has 2 saturated heterocycles. The van der Waals surface area contributed by atoms with E-state index in [2.05, 4.69) is 5.32 Å². The van der Waals surface area contributed by atoms with Crippen LogP contribution in [-0.2, 0) is 4.74 Å². The molecule has 0 radical (unpaired) electrons. The standard InChI is InChI=1S/C6H12O.C5H10N.In/c1-3-4-5-6-7-2;1-2-4-6-5-3-1;/h6H,1,3-5H2,2H3;1,6H,2-5H2;. The maximum atomic E-state index is 5.73. The van der Waals surface area contributed by atoms with Crippen molar-refractivity contribution in [2.75, 3.05) is 20.2 Å². The van der Waals surface area contributed by atoms with Crippen LogP contribution in [-0.4, -0.2) is 45.5 Å². The zero-order valence-corrected chi connectivity index (χ0v) is 12.6. The summed E-state index contributed by atoms with van der Waals surface area (Å²) < 4.78 is 9.26. The fourth-order valence-corrected chi connectivity index (χ4v) is 15.8. The SMILES string of the molecule is CO[CH]1CCC[CH2][In]1[CH]1CCNCC1. The first kappa shape index (κ1) is 11.3. The van der Waals surface area contributed by atoms with Gasteiger partial charge in [0.15, 0.2) is 0 Å². The van der Waals surface area contributed by atoms with E-state index in [1.807, 2.05) is 7.11 Å². The predicted molar refractivity (Wildman–Crippen MR) is 61.1 cm³/mol. The average molecular weight is 299 g/mol. The van der Waals surface area contributed by atoms with Crippen molar-refractivity contribution < 1.29 is 4.74 Å². The van der Waals surface area contributed by atoms with Crippen molar-refractivity contribution in [1.82, 2.24) is 5.32 Å². The summed E-state index contributed by atoms with van der Waals surface area (Å²) in [5.41, 5.74) is 0. The summed E-state index contributed by atoms with van der Waals surface area (Å²) in [5, 5.41) is 3.48. The van der Waals surface area contributed by atoms with Crippen LogP contribution in [0.2, 0.25) is 7.85 Å². The summed E-state index contributed by atoms with van der Waals surface area (Å²) in [6.07, 6.45) is 7.25. The third kappa shape index (κ3) is 2.67. The first-order valence-electron chi connectivity index (χ1n) is 6.15. The molecule has 0 bridgehead atoms. The second kappa shape index (κ2) is 5.76. The molecule has 0 amide bonds. The van der Waals surface area contributed by atoms with Crippen molar-refractivity contribution >= 4 is 21.4 Å². The Kier molecular flexibility index (Phi) is 4.64. The molecule has 80 valence electrons. The van der Waals surface area contributed by atoms with Crippen LogP contribution in [0.1, 0.15) is 32.1 Å². The summed E-state index contributed by atoms with van der Waals surface area (Å²) in [6.45, 7) is 2.54. The summed E-state index contributed by atoms with van der Waals surface area (Å²) in [4.78, 5) is 0. The van der Waals surface area contributed by atoms with Gasteiger partial charge in [-0.25, -0.2) is 0 Å². The van der Waals surface area contributed by atoms with Crippen molar-refractivity contribution in [1.29, 1.82) is 0 Å². The number of piperidine rings is 1. The van der Waals surface area contributed by atoms with Gasteiger partial charge < -0.3 is 0 Å². The molecule has 0 aromatic rings. The summed E-state index contributed by atoms with van der Waals surface area (Å²) in [7, 11) is 1.95. The van der Waals surface area contributed by atoms with Crippen LogP contribution >= 0.6 is 0 Å².